The Morgan fingerprint density at radius 2 is 2.08 bits per heavy atom. The predicted octanol–water partition coefficient (Wildman–Crippen LogP) is 2.84. The molecule has 70 valence electrons. The highest BCUT2D eigenvalue weighted by Gasteiger charge is 2.42. The molecule has 1 aromatic carbocycles. The predicted molar refractivity (Wildman–Crippen MR) is 53.9 cm³/mol. The van der Waals surface area contributed by atoms with E-state index in [1.54, 1.807) is 19.1 Å². The van der Waals surface area contributed by atoms with Crippen molar-refractivity contribution < 1.29 is 4.39 Å². The Kier molecular flexibility index (Phi) is 1.96. The summed E-state index contributed by atoms with van der Waals surface area (Å²) in [6, 6.07) is 3.56. The Hall–Kier alpha value is -0.410. The second kappa shape index (κ2) is 2.79. The van der Waals surface area contributed by atoms with Crippen molar-refractivity contribution in [2.45, 2.75) is 25.3 Å². The molecule has 0 aromatic heterocycles. The van der Waals surface area contributed by atoms with Gasteiger partial charge in [0.15, 0.2) is 0 Å². The van der Waals surface area contributed by atoms with Crippen LogP contribution in [-0.4, -0.2) is 0 Å². The van der Waals surface area contributed by atoms with Crippen molar-refractivity contribution in [1.82, 2.24) is 0 Å². The monoisotopic (exact) mass is 243 g/mol. The maximum atomic E-state index is 13.6. The van der Waals surface area contributed by atoms with E-state index in [4.69, 9.17) is 5.73 Å². The number of nitrogens with two attached hydrogens (primary N) is 1. The number of rotatable bonds is 1. The van der Waals surface area contributed by atoms with E-state index in [0.29, 0.717) is 11.1 Å². The molecule has 0 bridgehead atoms. The molecule has 1 aromatic rings. The smallest absolute Gasteiger partial charge is 0.131 e. The molecule has 0 aliphatic heterocycles. The Balaban J connectivity index is 2.56. The van der Waals surface area contributed by atoms with Gasteiger partial charge in [-0.15, -0.1) is 0 Å². The van der Waals surface area contributed by atoms with Gasteiger partial charge in [0.2, 0.25) is 0 Å². The van der Waals surface area contributed by atoms with Gasteiger partial charge in [-0.1, -0.05) is 15.9 Å². The maximum absolute atomic E-state index is 13.6. The average Bonchev–Trinajstić information content (AvgIpc) is 2.77. The number of aryl methyl sites for hydroxylation is 1. The first kappa shape index (κ1) is 9.16. The van der Waals surface area contributed by atoms with Crippen molar-refractivity contribution in [3.8, 4) is 0 Å². The Labute approximate surface area is 85.3 Å². The number of hydrogen-bond acceptors (Lipinski definition) is 1. The summed E-state index contributed by atoms with van der Waals surface area (Å²) in [5.74, 6) is -0.150. The number of benzene rings is 1. The number of hydrogen-bond donors (Lipinski definition) is 1. The summed E-state index contributed by atoms with van der Waals surface area (Å²) in [7, 11) is 0. The van der Waals surface area contributed by atoms with Crippen LogP contribution in [0.1, 0.15) is 24.0 Å². The summed E-state index contributed by atoms with van der Waals surface area (Å²) < 4.78 is 14.5. The average molecular weight is 244 g/mol. The maximum Gasteiger partial charge on any atom is 0.131 e. The van der Waals surface area contributed by atoms with Crippen LogP contribution in [0.3, 0.4) is 0 Å². The van der Waals surface area contributed by atoms with Crippen LogP contribution in [0.5, 0.6) is 0 Å². The molecular formula is C10H11BrFN. The molecule has 0 radical (unpaired) electrons. The van der Waals surface area contributed by atoms with E-state index in [9.17, 15) is 4.39 Å². The molecule has 1 fully saturated rings. The van der Waals surface area contributed by atoms with Gasteiger partial charge in [0.05, 0.1) is 0 Å². The van der Waals surface area contributed by atoms with E-state index in [1.807, 2.05) is 0 Å². The third-order valence-electron chi connectivity index (χ3n) is 2.54. The Morgan fingerprint density at radius 1 is 1.46 bits per heavy atom. The minimum atomic E-state index is -0.390. The van der Waals surface area contributed by atoms with Crippen LogP contribution >= 0.6 is 15.9 Å². The lowest BCUT2D eigenvalue weighted by molar-refractivity contribution is 0.570. The van der Waals surface area contributed by atoms with Gasteiger partial charge in [0, 0.05) is 15.6 Å². The van der Waals surface area contributed by atoms with Crippen LogP contribution in [0.25, 0.3) is 0 Å². The summed E-state index contributed by atoms with van der Waals surface area (Å²) in [6.45, 7) is 1.76. The molecule has 2 N–H and O–H groups in total. The van der Waals surface area contributed by atoms with Gasteiger partial charge in [-0.3, -0.25) is 0 Å². The highest BCUT2D eigenvalue weighted by Crippen LogP contribution is 2.44. The molecule has 0 spiro atoms. The summed E-state index contributed by atoms with van der Waals surface area (Å²) >= 11 is 3.35. The summed E-state index contributed by atoms with van der Waals surface area (Å²) in [5.41, 5.74) is 6.86. The Bertz CT molecular complexity index is 358. The lowest BCUT2D eigenvalue weighted by Gasteiger charge is -2.12. The molecule has 0 amide bonds. The molecular weight excluding hydrogens is 233 g/mol. The lowest BCUT2D eigenvalue weighted by Crippen LogP contribution is -2.20. The zero-order valence-electron chi connectivity index (χ0n) is 7.40. The molecule has 0 unspecified atom stereocenters. The normalized spacial score (nSPS) is 18.8. The first-order chi connectivity index (χ1) is 6.03. The van der Waals surface area contributed by atoms with E-state index >= 15 is 0 Å². The third kappa shape index (κ3) is 1.51. The highest BCUT2D eigenvalue weighted by atomic mass is 79.9. The van der Waals surface area contributed by atoms with Crippen LogP contribution in [0, 0.1) is 12.7 Å². The molecule has 3 heteroatoms. The third-order valence-corrected chi connectivity index (χ3v) is 3.00. The van der Waals surface area contributed by atoms with Gasteiger partial charge in [0.25, 0.3) is 0 Å². The van der Waals surface area contributed by atoms with Crippen molar-refractivity contribution in [1.29, 1.82) is 0 Å². The SMILES string of the molecule is Cc1cc(Br)cc(C2(N)CC2)c1F. The molecule has 0 saturated heterocycles. The topological polar surface area (TPSA) is 26.0 Å². The molecule has 1 nitrogen and oxygen atoms in total. The molecule has 1 aliphatic carbocycles. The van der Waals surface area contributed by atoms with Crippen LogP contribution < -0.4 is 5.73 Å². The van der Waals surface area contributed by atoms with Gasteiger partial charge in [-0.05, 0) is 37.5 Å². The van der Waals surface area contributed by atoms with Gasteiger partial charge in [-0.2, -0.15) is 0 Å². The fraction of sp³-hybridized carbons (Fsp3) is 0.400. The van der Waals surface area contributed by atoms with Crippen molar-refractivity contribution in [3.63, 3.8) is 0 Å². The van der Waals surface area contributed by atoms with Crippen molar-refractivity contribution >= 4 is 15.9 Å². The minimum Gasteiger partial charge on any atom is -0.321 e. The van der Waals surface area contributed by atoms with Crippen LogP contribution in [0.4, 0.5) is 4.39 Å². The minimum absolute atomic E-state index is 0.150. The fourth-order valence-electron chi connectivity index (χ4n) is 1.49. The summed E-state index contributed by atoms with van der Waals surface area (Å²) in [5, 5.41) is 0. The molecule has 1 aliphatic rings. The standard InChI is InChI=1S/C10H11BrFN/c1-6-4-7(11)5-8(9(6)12)10(13)2-3-10/h4-5H,2-3,13H2,1H3. The zero-order chi connectivity index (χ0) is 9.64. The van der Waals surface area contributed by atoms with Gasteiger partial charge >= 0.3 is 0 Å². The first-order valence-corrected chi connectivity index (χ1v) is 5.07. The van der Waals surface area contributed by atoms with Crippen LogP contribution in [0.15, 0.2) is 16.6 Å². The quantitative estimate of drug-likeness (QED) is 0.807. The molecule has 2 rings (SSSR count). The number of halogens is 2. The van der Waals surface area contributed by atoms with E-state index in [0.717, 1.165) is 17.3 Å². The highest BCUT2D eigenvalue weighted by molar-refractivity contribution is 9.10. The molecule has 0 atom stereocenters. The largest absolute Gasteiger partial charge is 0.321 e. The van der Waals surface area contributed by atoms with Gasteiger partial charge in [-0.25, -0.2) is 4.39 Å². The van der Waals surface area contributed by atoms with Gasteiger partial charge in [0.1, 0.15) is 5.82 Å². The van der Waals surface area contributed by atoms with Crippen LogP contribution in [-0.2, 0) is 5.54 Å². The van der Waals surface area contributed by atoms with E-state index in [1.165, 1.54) is 0 Å². The van der Waals surface area contributed by atoms with Gasteiger partial charge < -0.3 is 5.73 Å². The second-order valence-electron chi connectivity index (χ2n) is 3.74. The zero-order valence-corrected chi connectivity index (χ0v) is 8.99. The molecule has 13 heavy (non-hydrogen) atoms. The van der Waals surface area contributed by atoms with Crippen molar-refractivity contribution in [2.75, 3.05) is 0 Å². The van der Waals surface area contributed by atoms with E-state index in [-0.39, 0.29) is 5.82 Å². The van der Waals surface area contributed by atoms with Crippen molar-refractivity contribution in [3.05, 3.63) is 33.5 Å². The van der Waals surface area contributed by atoms with E-state index < -0.39 is 5.54 Å². The Morgan fingerprint density at radius 3 is 2.62 bits per heavy atom. The summed E-state index contributed by atoms with van der Waals surface area (Å²) in [6.07, 6.45) is 1.78. The fourth-order valence-corrected chi connectivity index (χ4v) is 2.06. The molecule has 1 saturated carbocycles. The second-order valence-corrected chi connectivity index (χ2v) is 4.66. The first-order valence-electron chi connectivity index (χ1n) is 4.28. The summed E-state index contributed by atoms with van der Waals surface area (Å²) in [4.78, 5) is 0. The van der Waals surface area contributed by atoms with E-state index in [2.05, 4.69) is 15.9 Å². The van der Waals surface area contributed by atoms with Crippen molar-refractivity contribution in [2.24, 2.45) is 5.73 Å². The molecule has 0 heterocycles. The van der Waals surface area contributed by atoms with Crippen LogP contribution in [0.2, 0.25) is 0 Å². The lowest BCUT2D eigenvalue weighted by atomic mass is 10.0.